The number of nitrogens with zero attached hydrogens (tertiary/aromatic N) is 4. The molecule has 0 saturated carbocycles. The van der Waals surface area contributed by atoms with Gasteiger partial charge in [-0.3, -0.25) is 0 Å². The molecule has 0 heterocycles. The highest BCUT2D eigenvalue weighted by Crippen LogP contribution is 2.31. The molecule has 242 valence electrons. The summed E-state index contributed by atoms with van der Waals surface area (Å²) in [4.78, 5) is 8.89. The van der Waals surface area contributed by atoms with E-state index in [9.17, 15) is 5.11 Å². The normalized spacial score (nSPS) is 11.4. The van der Waals surface area contributed by atoms with Crippen molar-refractivity contribution in [2.24, 2.45) is 0 Å². The number of aliphatic hydroxyl groups excluding tert-OH is 1. The minimum Gasteiger partial charge on any atom is -0.385 e. The van der Waals surface area contributed by atoms with Crippen LogP contribution in [0.2, 0.25) is 0 Å². The van der Waals surface area contributed by atoms with Crippen molar-refractivity contribution < 1.29 is 5.11 Å². The van der Waals surface area contributed by atoms with Crippen LogP contribution in [0, 0.1) is 0 Å². The molecule has 0 aromatic heterocycles. The Hall–Kier alpha value is -4.48. The van der Waals surface area contributed by atoms with Crippen molar-refractivity contribution >= 4 is 33.9 Å². The first-order valence-electron chi connectivity index (χ1n) is 16.6. The van der Waals surface area contributed by atoms with Crippen LogP contribution >= 0.6 is 0 Å². The fraction of sp³-hybridized carbons (Fsp3) is 0.317. The zero-order valence-corrected chi connectivity index (χ0v) is 29.0. The summed E-state index contributed by atoms with van der Waals surface area (Å²) in [5, 5.41) is 11.8. The third-order valence-electron chi connectivity index (χ3n) is 8.68. The maximum Gasteiger partial charge on any atom is 0.0920 e. The highest BCUT2D eigenvalue weighted by atomic mass is 16.3. The van der Waals surface area contributed by atoms with Crippen LogP contribution in [0.4, 0.5) is 22.7 Å². The molecule has 0 amide bonds. The average molecular weight is 617 g/mol. The van der Waals surface area contributed by atoms with Crippen LogP contribution in [0.3, 0.4) is 0 Å². The van der Waals surface area contributed by atoms with Crippen LogP contribution < -0.4 is 19.6 Å². The van der Waals surface area contributed by atoms with Crippen LogP contribution in [-0.2, 0) is 0 Å². The quantitative estimate of drug-likeness (QED) is 0.154. The Morgan fingerprint density at radius 2 is 0.696 bits per heavy atom. The van der Waals surface area contributed by atoms with E-state index in [0.717, 1.165) is 71.0 Å². The molecule has 4 rings (SSSR count). The molecule has 0 spiro atoms. The van der Waals surface area contributed by atoms with Crippen molar-refractivity contribution in [3.05, 3.63) is 131 Å². The van der Waals surface area contributed by atoms with Crippen molar-refractivity contribution in [1.29, 1.82) is 0 Å². The predicted octanol–water partition coefficient (Wildman–Crippen LogP) is 8.44. The largest absolute Gasteiger partial charge is 0.385 e. The predicted molar refractivity (Wildman–Crippen MR) is 202 cm³/mol. The fourth-order valence-corrected chi connectivity index (χ4v) is 5.87. The minimum absolute atomic E-state index is 0.822. The van der Waals surface area contributed by atoms with Crippen LogP contribution in [0.15, 0.2) is 109 Å². The van der Waals surface area contributed by atoms with Gasteiger partial charge in [-0.1, -0.05) is 48.5 Å². The standard InChI is InChI=1S/C41H52N4O/c1-9-44(10-2)37-25-17-33(18-26-37)41(34-19-27-38(28-20-34)45(11-3)12-4)30-39(46)29-40(31-13-21-35(22-14-31)42(5)6)32-15-23-36(24-16-32)43(7)8/h13-30,39,46H,9-12H2,1-8H3. The van der Waals surface area contributed by atoms with E-state index in [1.165, 1.54) is 11.4 Å². The molecule has 4 aromatic rings. The lowest BCUT2D eigenvalue weighted by atomic mass is 9.93. The molecule has 0 fully saturated rings. The van der Waals surface area contributed by atoms with Crippen LogP contribution in [0.1, 0.15) is 49.9 Å². The van der Waals surface area contributed by atoms with Crippen molar-refractivity contribution in [1.82, 2.24) is 0 Å². The lowest BCUT2D eigenvalue weighted by molar-refractivity contribution is 0.272. The molecule has 1 atom stereocenters. The van der Waals surface area contributed by atoms with E-state index in [-0.39, 0.29) is 0 Å². The lowest BCUT2D eigenvalue weighted by Crippen LogP contribution is -2.21. The van der Waals surface area contributed by atoms with Crippen LogP contribution in [0.5, 0.6) is 0 Å². The monoisotopic (exact) mass is 616 g/mol. The van der Waals surface area contributed by atoms with Crippen LogP contribution in [-0.4, -0.2) is 65.6 Å². The summed E-state index contributed by atoms with van der Waals surface area (Å²) in [5.41, 5.74) is 10.9. The molecule has 0 radical (unpaired) electrons. The van der Waals surface area contributed by atoms with Gasteiger partial charge in [-0.25, -0.2) is 0 Å². The van der Waals surface area contributed by atoms with Gasteiger partial charge >= 0.3 is 0 Å². The van der Waals surface area contributed by atoms with Gasteiger partial charge in [0, 0.05) is 77.1 Å². The number of anilines is 4. The number of aliphatic hydroxyl groups is 1. The molecule has 0 bridgehead atoms. The first-order valence-corrected chi connectivity index (χ1v) is 16.6. The maximum atomic E-state index is 11.8. The van der Waals surface area contributed by atoms with E-state index >= 15 is 0 Å². The number of hydrogen-bond acceptors (Lipinski definition) is 5. The molecule has 0 saturated heterocycles. The van der Waals surface area contributed by atoms with Gasteiger partial charge in [-0.15, -0.1) is 0 Å². The lowest BCUT2D eigenvalue weighted by Gasteiger charge is -2.22. The summed E-state index contributed by atoms with van der Waals surface area (Å²) in [6, 6.07) is 34.5. The van der Waals surface area contributed by atoms with E-state index < -0.39 is 6.10 Å². The second-order valence-electron chi connectivity index (χ2n) is 12.0. The average Bonchev–Trinajstić information content (AvgIpc) is 3.08. The van der Waals surface area contributed by atoms with E-state index in [0.29, 0.717) is 0 Å². The van der Waals surface area contributed by atoms with Crippen molar-refractivity contribution in [3.8, 4) is 0 Å². The first kappa shape index (κ1) is 34.4. The molecule has 5 nitrogen and oxygen atoms in total. The van der Waals surface area contributed by atoms with Gasteiger partial charge in [0.15, 0.2) is 0 Å². The van der Waals surface area contributed by atoms with Gasteiger partial charge in [0.2, 0.25) is 0 Å². The maximum absolute atomic E-state index is 11.8. The Morgan fingerprint density at radius 3 is 0.913 bits per heavy atom. The molecule has 4 aromatic carbocycles. The zero-order valence-electron chi connectivity index (χ0n) is 29.0. The molecule has 0 aliphatic carbocycles. The molecular weight excluding hydrogens is 564 g/mol. The van der Waals surface area contributed by atoms with Gasteiger partial charge in [0.05, 0.1) is 6.10 Å². The van der Waals surface area contributed by atoms with Gasteiger partial charge in [0.1, 0.15) is 0 Å². The van der Waals surface area contributed by atoms with Gasteiger partial charge in [0.25, 0.3) is 0 Å². The topological polar surface area (TPSA) is 33.2 Å². The summed E-state index contributed by atoms with van der Waals surface area (Å²) < 4.78 is 0. The molecule has 1 unspecified atom stereocenters. The molecule has 1 N–H and O–H groups in total. The van der Waals surface area contributed by atoms with E-state index in [2.05, 4.69) is 144 Å². The SMILES string of the molecule is CCN(CC)c1ccc(C(=CC(O)C=C(c2ccc(N(C)C)cc2)c2ccc(N(C)C)cc2)c2ccc(N(CC)CC)cc2)cc1. The van der Waals surface area contributed by atoms with Gasteiger partial charge in [-0.2, -0.15) is 0 Å². The van der Waals surface area contributed by atoms with E-state index in [1.54, 1.807) is 0 Å². The Balaban J connectivity index is 1.82. The van der Waals surface area contributed by atoms with Crippen molar-refractivity contribution in [2.75, 3.05) is 74.0 Å². The highest BCUT2D eigenvalue weighted by Gasteiger charge is 2.14. The third kappa shape index (κ3) is 8.41. The fourth-order valence-electron chi connectivity index (χ4n) is 5.87. The van der Waals surface area contributed by atoms with Crippen molar-refractivity contribution in [3.63, 3.8) is 0 Å². The molecule has 5 heteroatoms. The number of rotatable bonds is 14. The second kappa shape index (κ2) is 16.2. The molecule has 0 aliphatic heterocycles. The Labute approximate surface area is 277 Å². The van der Waals surface area contributed by atoms with E-state index in [4.69, 9.17) is 0 Å². The summed E-state index contributed by atoms with van der Waals surface area (Å²) >= 11 is 0. The number of benzene rings is 4. The molecular formula is C41H52N4O. The summed E-state index contributed by atoms with van der Waals surface area (Å²) in [6.45, 7) is 12.6. The Bertz CT molecular complexity index is 1450. The zero-order chi connectivity index (χ0) is 33.2. The highest BCUT2D eigenvalue weighted by molar-refractivity contribution is 5.84. The molecule has 46 heavy (non-hydrogen) atoms. The smallest absolute Gasteiger partial charge is 0.0920 e. The summed E-state index contributed by atoms with van der Waals surface area (Å²) in [7, 11) is 8.19. The summed E-state index contributed by atoms with van der Waals surface area (Å²) in [6.07, 6.45) is 3.14. The van der Waals surface area contributed by atoms with Crippen LogP contribution in [0.25, 0.3) is 11.1 Å². The first-order chi connectivity index (χ1) is 22.2. The number of hydrogen-bond donors (Lipinski definition) is 1. The van der Waals surface area contributed by atoms with Crippen molar-refractivity contribution in [2.45, 2.75) is 33.8 Å². The van der Waals surface area contributed by atoms with E-state index in [1.807, 2.05) is 40.3 Å². The molecule has 0 aliphatic rings. The summed E-state index contributed by atoms with van der Waals surface area (Å²) in [5.74, 6) is 0. The second-order valence-corrected chi connectivity index (χ2v) is 12.0. The Morgan fingerprint density at radius 1 is 0.457 bits per heavy atom. The minimum atomic E-state index is -0.822. The Kier molecular flexibility index (Phi) is 12.1. The van der Waals surface area contributed by atoms with Gasteiger partial charge < -0.3 is 24.7 Å². The van der Waals surface area contributed by atoms with Gasteiger partial charge in [-0.05, 0) is 122 Å². The third-order valence-corrected chi connectivity index (χ3v) is 8.68.